The fourth-order valence-corrected chi connectivity index (χ4v) is 2.12. The van der Waals surface area contributed by atoms with Crippen molar-refractivity contribution in [1.29, 1.82) is 0 Å². The van der Waals surface area contributed by atoms with Crippen LogP contribution in [0, 0.1) is 0 Å². The van der Waals surface area contributed by atoms with Crippen molar-refractivity contribution >= 4 is 17.7 Å². The average molecular weight is 284 g/mol. The number of rotatable bonds is 7. The van der Waals surface area contributed by atoms with Crippen molar-refractivity contribution in [2.45, 2.75) is 20.3 Å². The van der Waals surface area contributed by atoms with E-state index in [-0.39, 0.29) is 0 Å². The van der Waals surface area contributed by atoms with E-state index in [9.17, 15) is 0 Å². The van der Waals surface area contributed by atoms with Crippen LogP contribution in [0.1, 0.15) is 25.8 Å². The molecule has 0 unspecified atom stereocenters. The van der Waals surface area contributed by atoms with Gasteiger partial charge in [0.2, 0.25) is 0 Å². The average Bonchev–Trinajstić information content (AvgIpc) is 2.42. The zero-order chi connectivity index (χ0) is 14.3. The second-order valence-electron chi connectivity index (χ2n) is 4.17. The Balaban J connectivity index is 3.06. The molecule has 1 aromatic rings. The fourth-order valence-electron chi connectivity index (χ4n) is 1.82. The quantitative estimate of drug-likeness (QED) is 0.826. The molecule has 19 heavy (non-hydrogen) atoms. The molecule has 0 heterocycles. The van der Waals surface area contributed by atoms with Gasteiger partial charge < -0.3 is 14.8 Å². The van der Waals surface area contributed by atoms with Crippen LogP contribution in [0.5, 0.6) is 11.5 Å². The minimum atomic E-state index is 0.562. The summed E-state index contributed by atoms with van der Waals surface area (Å²) in [6.07, 6.45) is 3.13. The molecule has 0 bridgehead atoms. The molecule has 0 radical (unpaired) electrons. The number of halogens is 1. The smallest absolute Gasteiger partial charge is 0.179 e. The summed E-state index contributed by atoms with van der Waals surface area (Å²) in [6, 6.07) is 3.83. The van der Waals surface area contributed by atoms with Crippen LogP contribution < -0.4 is 14.8 Å². The van der Waals surface area contributed by atoms with Gasteiger partial charge in [0.25, 0.3) is 0 Å². The highest BCUT2D eigenvalue weighted by molar-refractivity contribution is 6.32. The largest absolute Gasteiger partial charge is 0.493 e. The summed E-state index contributed by atoms with van der Waals surface area (Å²) in [5, 5.41) is 3.89. The van der Waals surface area contributed by atoms with Crippen LogP contribution in [0.25, 0.3) is 6.08 Å². The van der Waals surface area contributed by atoms with Crippen molar-refractivity contribution in [1.82, 2.24) is 5.32 Å². The Morgan fingerprint density at radius 2 is 2.00 bits per heavy atom. The third-order valence-corrected chi connectivity index (χ3v) is 3.16. The lowest BCUT2D eigenvalue weighted by Gasteiger charge is -2.11. The third-order valence-electron chi connectivity index (χ3n) is 2.88. The van der Waals surface area contributed by atoms with Gasteiger partial charge >= 0.3 is 0 Å². The first-order valence-electron chi connectivity index (χ1n) is 6.47. The lowest BCUT2D eigenvalue weighted by molar-refractivity contribution is 0.355. The number of ether oxygens (including phenoxy) is 2. The lowest BCUT2D eigenvalue weighted by atomic mass is 10.1. The van der Waals surface area contributed by atoms with Gasteiger partial charge in [0.05, 0.1) is 19.2 Å². The van der Waals surface area contributed by atoms with Gasteiger partial charge in [-0.05, 0) is 30.7 Å². The molecule has 1 rings (SSSR count). The monoisotopic (exact) mass is 283 g/mol. The molecular weight excluding hydrogens is 262 g/mol. The Labute approximate surface area is 120 Å². The molecular formula is C15H22ClNO2. The molecule has 0 aliphatic rings. The van der Waals surface area contributed by atoms with Crippen molar-refractivity contribution in [3.8, 4) is 11.5 Å². The number of nitrogens with one attached hydrogen (secondary N) is 1. The van der Waals surface area contributed by atoms with Crippen molar-refractivity contribution in [2.24, 2.45) is 0 Å². The molecule has 106 valence electrons. The van der Waals surface area contributed by atoms with Crippen LogP contribution in [0.15, 0.2) is 17.7 Å². The first-order chi connectivity index (χ1) is 9.15. The molecule has 0 saturated carbocycles. The van der Waals surface area contributed by atoms with Crippen LogP contribution in [0.2, 0.25) is 5.02 Å². The Bertz CT molecular complexity index is 444. The second-order valence-corrected chi connectivity index (χ2v) is 4.58. The van der Waals surface area contributed by atoms with Crippen molar-refractivity contribution in [3.05, 3.63) is 28.3 Å². The molecule has 0 amide bonds. The predicted octanol–water partition coefficient (Wildman–Crippen LogP) is 3.76. The molecule has 0 aromatic heterocycles. The third kappa shape index (κ3) is 4.44. The highest BCUT2D eigenvalue weighted by atomic mass is 35.5. The fraction of sp³-hybridized carbons (Fsp3) is 0.467. The van der Waals surface area contributed by atoms with Crippen LogP contribution in [-0.2, 0) is 0 Å². The summed E-state index contributed by atoms with van der Waals surface area (Å²) in [5.74, 6) is 1.23. The highest BCUT2D eigenvalue weighted by Crippen LogP contribution is 2.36. The van der Waals surface area contributed by atoms with E-state index in [1.807, 2.05) is 12.1 Å². The van der Waals surface area contributed by atoms with Gasteiger partial charge in [-0.15, -0.1) is 0 Å². The lowest BCUT2D eigenvalue weighted by Crippen LogP contribution is -2.15. The Hall–Kier alpha value is -1.19. The van der Waals surface area contributed by atoms with Gasteiger partial charge in [0.15, 0.2) is 11.5 Å². The van der Waals surface area contributed by atoms with Gasteiger partial charge in [0.1, 0.15) is 0 Å². The van der Waals surface area contributed by atoms with E-state index in [4.69, 9.17) is 21.1 Å². The summed E-state index contributed by atoms with van der Waals surface area (Å²) in [5.41, 5.74) is 2.35. The second kappa shape index (κ2) is 8.08. The van der Waals surface area contributed by atoms with Gasteiger partial charge in [-0.3, -0.25) is 0 Å². The molecule has 1 aromatic carbocycles. The van der Waals surface area contributed by atoms with Gasteiger partial charge in [-0.25, -0.2) is 0 Å². The maximum absolute atomic E-state index is 6.19. The van der Waals surface area contributed by atoms with Crippen LogP contribution in [0.3, 0.4) is 0 Å². The Morgan fingerprint density at radius 3 is 2.53 bits per heavy atom. The standard InChI is InChI=1S/C15H22ClNO2/c1-5-11(10-17-6-2)7-12-8-13(16)15(19-4)14(9-12)18-3/h7-9,17H,5-6,10H2,1-4H3. The Morgan fingerprint density at radius 1 is 1.26 bits per heavy atom. The molecule has 0 aliphatic heterocycles. The first-order valence-corrected chi connectivity index (χ1v) is 6.85. The number of benzene rings is 1. The summed E-state index contributed by atoms with van der Waals surface area (Å²) in [7, 11) is 3.20. The van der Waals surface area contributed by atoms with E-state index in [2.05, 4.69) is 25.2 Å². The molecule has 0 spiro atoms. The van der Waals surface area contributed by atoms with Crippen LogP contribution >= 0.6 is 11.6 Å². The summed E-state index contributed by atoms with van der Waals surface area (Å²) in [6.45, 7) is 6.09. The minimum absolute atomic E-state index is 0.562. The van der Waals surface area contributed by atoms with E-state index in [1.54, 1.807) is 14.2 Å². The van der Waals surface area contributed by atoms with Crippen LogP contribution in [0.4, 0.5) is 0 Å². The van der Waals surface area contributed by atoms with Crippen LogP contribution in [-0.4, -0.2) is 27.3 Å². The number of likely N-dealkylation sites (N-methyl/N-ethyl adjacent to an activating group) is 1. The van der Waals surface area contributed by atoms with Crippen molar-refractivity contribution in [3.63, 3.8) is 0 Å². The predicted molar refractivity (Wildman–Crippen MR) is 81.4 cm³/mol. The van der Waals surface area contributed by atoms with Gasteiger partial charge in [-0.2, -0.15) is 0 Å². The molecule has 0 fully saturated rings. The van der Waals surface area contributed by atoms with E-state index in [0.717, 1.165) is 25.1 Å². The minimum Gasteiger partial charge on any atom is -0.493 e. The topological polar surface area (TPSA) is 30.5 Å². The summed E-state index contributed by atoms with van der Waals surface area (Å²) < 4.78 is 10.5. The first kappa shape index (κ1) is 15.9. The molecule has 4 heteroatoms. The van der Waals surface area contributed by atoms with E-state index < -0.39 is 0 Å². The van der Waals surface area contributed by atoms with E-state index in [0.29, 0.717) is 16.5 Å². The molecule has 0 saturated heterocycles. The maximum Gasteiger partial charge on any atom is 0.179 e. The number of hydrogen-bond acceptors (Lipinski definition) is 3. The zero-order valence-electron chi connectivity index (χ0n) is 12.0. The number of hydrogen-bond donors (Lipinski definition) is 1. The maximum atomic E-state index is 6.19. The normalized spacial score (nSPS) is 11.5. The summed E-state index contributed by atoms with van der Waals surface area (Å²) >= 11 is 6.19. The SMILES string of the molecule is CCNCC(=Cc1cc(Cl)c(OC)c(OC)c1)CC. The summed E-state index contributed by atoms with van der Waals surface area (Å²) in [4.78, 5) is 0. The van der Waals surface area contributed by atoms with Crippen molar-refractivity contribution in [2.75, 3.05) is 27.3 Å². The molecule has 1 N–H and O–H groups in total. The van der Waals surface area contributed by atoms with E-state index in [1.165, 1.54) is 5.57 Å². The van der Waals surface area contributed by atoms with Crippen molar-refractivity contribution < 1.29 is 9.47 Å². The van der Waals surface area contributed by atoms with Gasteiger partial charge in [0, 0.05) is 6.54 Å². The van der Waals surface area contributed by atoms with Gasteiger partial charge in [-0.1, -0.05) is 37.1 Å². The number of methoxy groups -OCH3 is 2. The highest BCUT2D eigenvalue weighted by Gasteiger charge is 2.10. The molecule has 3 nitrogen and oxygen atoms in total. The molecule has 0 aliphatic carbocycles. The zero-order valence-corrected chi connectivity index (χ0v) is 12.8. The molecule has 0 atom stereocenters. The Kier molecular flexibility index (Phi) is 6.74. The van der Waals surface area contributed by atoms with E-state index >= 15 is 0 Å².